The molecule has 9 rings (SSSR count). The molecule has 6 aromatic carbocycles. The number of pyridine rings is 1. The van der Waals surface area contributed by atoms with E-state index in [-0.39, 0.29) is 6.04 Å². The highest BCUT2D eigenvalue weighted by molar-refractivity contribution is 6.19. The van der Waals surface area contributed by atoms with Crippen molar-refractivity contribution in [1.82, 2.24) is 25.3 Å². The van der Waals surface area contributed by atoms with E-state index in [9.17, 15) is 0 Å². The van der Waals surface area contributed by atoms with Crippen LogP contribution in [0.15, 0.2) is 175 Å². The molecule has 0 amide bonds. The van der Waals surface area contributed by atoms with Gasteiger partial charge in [-0.25, -0.2) is 19.9 Å². The summed E-state index contributed by atoms with van der Waals surface area (Å²) in [5.74, 6) is 1.90. The maximum atomic E-state index is 5.25. The van der Waals surface area contributed by atoms with Gasteiger partial charge in [0.05, 0.1) is 28.7 Å². The first-order valence-electron chi connectivity index (χ1n) is 18.0. The Bertz CT molecular complexity index is 2580. The normalized spacial score (nSPS) is 14.2. The second-order valence-corrected chi connectivity index (χ2v) is 13.1. The molecule has 0 saturated carbocycles. The third-order valence-corrected chi connectivity index (χ3v) is 9.64. The van der Waals surface area contributed by atoms with Crippen molar-refractivity contribution in [2.24, 2.45) is 5.10 Å². The zero-order chi connectivity index (χ0) is 36.3. The second kappa shape index (κ2) is 14.5. The van der Waals surface area contributed by atoms with Gasteiger partial charge >= 0.3 is 0 Å². The van der Waals surface area contributed by atoms with Crippen LogP contribution in [-0.2, 0) is 0 Å². The van der Waals surface area contributed by atoms with E-state index in [1.54, 1.807) is 0 Å². The smallest absolute Gasteiger partial charge is 0.164 e. The Morgan fingerprint density at radius 2 is 1.00 bits per heavy atom. The van der Waals surface area contributed by atoms with Crippen LogP contribution in [0.4, 0.5) is 5.69 Å². The van der Waals surface area contributed by atoms with Gasteiger partial charge in [-0.15, -0.1) is 0 Å². The lowest BCUT2D eigenvalue weighted by atomic mass is 9.86. The SMILES string of the molecule is CNC1C=Cc2c(-c3ccccc3)nc3ccc(-c4ccc(-c5nc(-c6ccccc6)nc(-c6ccccc6)n5)cc4)cc3c2C1=NNc1ccccc1. The Hall–Kier alpha value is -7.09. The first kappa shape index (κ1) is 32.8. The number of rotatable bonds is 8. The summed E-state index contributed by atoms with van der Waals surface area (Å²) in [7, 11) is 1.96. The molecule has 0 bridgehead atoms. The molecule has 2 N–H and O–H groups in total. The highest BCUT2D eigenvalue weighted by Crippen LogP contribution is 2.37. The molecule has 258 valence electrons. The lowest BCUT2D eigenvalue weighted by molar-refractivity contribution is 0.821. The molecule has 8 aromatic rings. The van der Waals surface area contributed by atoms with Crippen molar-refractivity contribution in [3.8, 4) is 56.5 Å². The van der Waals surface area contributed by atoms with Crippen LogP contribution in [0.3, 0.4) is 0 Å². The van der Waals surface area contributed by atoms with Crippen LogP contribution in [0, 0.1) is 0 Å². The van der Waals surface area contributed by atoms with E-state index >= 15 is 0 Å². The molecular formula is C47H35N7. The zero-order valence-corrected chi connectivity index (χ0v) is 29.6. The van der Waals surface area contributed by atoms with Gasteiger partial charge < -0.3 is 5.32 Å². The first-order chi connectivity index (χ1) is 26.7. The summed E-state index contributed by atoms with van der Waals surface area (Å²) in [5.41, 5.74) is 15.0. The summed E-state index contributed by atoms with van der Waals surface area (Å²) >= 11 is 0. The largest absolute Gasteiger partial charge is 0.308 e. The van der Waals surface area contributed by atoms with E-state index in [1.807, 2.05) is 104 Å². The van der Waals surface area contributed by atoms with Crippen molar-refractivity contribution in [1.29, 1.82) is 0 Å². The fourth-order valence-electron chi connectivity index (χ4n) is 6.90. The molecule has 0 saturated heterocycles. The van der Waals surface area contributed by atoms with Crippen LogP contribution >= 0.6 is 0 Å². The van der Waals surface area contributed by atoms with Gasteiger partial charge in [-0.05, 0) is 42.4 Å². The number of anilines is 1. The molecule has 2 aromatic heterocycles. The van der Waals surface area contributed by atoms with Gasteiger partial charge in [-0.2, -0.15) is 5.10 Å². The first-order valence-corrected chi connectivity index (χ1v) is 18.0. The Morgan fingerprint density at radius 3 is 1.57 bits per heavy atom. The van der Waals surface area contributed by atoms with Crippen LogP contribution < -0.4 is 10.7 Å². The molecule has 7 nitrogen and oxygen atoms in total. The van der Waals surface area contributed by atoms with Crippen molar-refractivity contribution >= 4 is 28.4 Å². The van der Waals surface area contributed by atoms with Crippen LogP contribution in [0.5, 0.6) is 0 Å². The average molecular weight is 698 g/mol. The van der Waals surface area contributed by atoms with Crippen LogP contribution in [-0.4, -0.2) is 38.7 Å². The van der Waals surface area contributed by atoms with Gasteiger partial charge in [0, 0.05) is 38.8 Å². The molecule has 1 aliphatic rings. The number of likely N-dealkylation sites (N-methyl/N-ethyl adjacent to an activating group) is 1. The number of aromatic nitrogens is 4. The lowest BCUT2D eigenvalue weighted by Gasteiger charge is -2.25. The van der Waals surface area contributed by atoms with Crippen molar-refractivity contribution in [2.75, 3.05) is 12.5 Å². The van der Waals surface area contributed by atoms with Gasteiger partial charge in [-0.3, -0.25) is 5.43 Å². The van der Waals surface area contributed by atoms with E-state index in [0.717, 1.165) is 72.5 Å². The molecule has 2 heterocycles. The molecule has 0 spiro atoms. The van der Waals surface area contributed by atoms with E-state index in [4.69, 9.17) is 25.0 Å². The number of para-hydroxylation sites is 1. The van der Waals surface area contributed by atoms with Gasteiger partial charge in [0.25, 0.3) is 0 Å². The Labute approximate surface area is 313 Å². The number of nitrogens with one attached hydrogen (secondary N) is 2. The van der Waals surface area contributed by atoms with E-state index in [2.05, 4.69) is 89.6 Å². The molecule has 7 heteroatoms. The van der Waals surface area contributed by atoms with Gasteiger partial charge in [-0.1, -0.05) is 152 Å². The highest BCUT2D eigenvalue weighted by Gasteiger charge is 2.27. The molecule has 1 atom stereocenters. The quantitative estimate of drug-likeness (QED) is 0.154. The van der Waals surface area contributed by atoms with Gasteiger partial charge in [0.1, 0.15) is 0 Å². The number of fused-ring (bicyclic) bond motifs is 3. The minimum Gasteiger partial charge on any atom is -0.308 e. The minimum atomic E-state index is -0.104. The number of nitrogens with zero attached hydrogens (tertiary/aromatic N) is 5. The average Bonchev–Trinajstić information content (AvgIpc) is 3.26. The topological polar surface area (TPSA) is 88.0 Å². The van der Waals surface area contributed by atoms with Gasteiger partial charge in [0.2, 0.25) is 0 Å². The monoisotopic (exact) mass is 697 g/mol. The summed E-state index contributed by atoms with van der Waals surface area (Å²) in [6, 6.07) is 55.3. The van der Waals surface area contributed by atoms with Crippen molar-refractivity contribution in [2.45, 2.75) is 6.04 Å². The maximum Gasteiger partial charge on any atom is 0.164 e. The fourth-order valence-corrected chi connectivity index (χ4v) is 6.90. The Morgan fingerprint density at radius 1 is 0.500 bits per heavy atom. The molecule has 0 fully saturated rings. The predicted molar refractivity (Wildman–Crippen MR) is 221 cm³/mol. The van der Waals surface area contributed by atoms with Crippen LogP contribution in [0.25, 0.3) is 73.5 Å². The third kappa shape index (κ3) is 6.45. The molecule has 1 aliphatic carbocycles. The fraction of sp³-hybridized carbons (Fsp3) is 0.0426. The van der Waals surface area contributed by atoms with E-state index < -0.39 is 0 Å². The lowest BCUT2D eigenvalue weighted by Crippen LogP contribution is -2.36. The molecule has 1 unspecified atom stereocenters. The molecular weight excluding hydrogens is 663 g/mol. The standard InChI is InChI=1S/C47H35N7/c1-48-41-29-27-38-42(44(41)54-53-37-20-12-5-13-21-37)39-30-36(26-28-40(39)49-43(38)32-14-6-2-7-15-32)31-22-24-35(25-23-31)47-51-45(33-16-8-3-9-17-33)50-46(52-47)34-18-10-4-11-19-34/h2-30,41,48,53H,1H3. The maximum absolute atomic E-state index is 5.25. The Kier molecular flexibility index (Phi) is 8.81. The van der Waals surface area contributed by atoms with Crippen molar-refractivity contribution in [3.05, 3.63) is 181 Å². The summed E-state index contributed by atoms with van der Waals surface area (Å²) in [4.78, 5) is 19.9. The number of benzene rings is 6. The predicted octanol–water partition coefficient (Wildman–Crippen LogP) is 10.2. The minimum absolute atomic E-state index is 0.104. The molecule has 0 aliphatic heterocycles. The number of hydrogen-bond donors (Lipinski definition) is 2. The summed E-state index contributed by atoms with van der Waals surface area (Å²) < 4.78 is 0. The molecule has 0 radical (unpaired) electrons. The number of hydrogen-bond acceptors (Lipinski definition) is 7. The van der Waals surface area contributed by atoms with Gasteiger partial charge in [0.15, 0.2) is 17.5 Å². The third-order valence-electron chi connectivity index (χ3n) is 9.64. The van der Waals surface area contributed by atoms with E-state index in [1.165, 1.54) is 0 Å². The van der Waals surface area contributed by atoms with E-state index in [0.29, 0.717) is 17.5 Å². The Balaban J connectivity index is 1.15. The molecule has 54 heavy (non-hydrogen) atoms. The second-order valence-electron chi connectivity index (χ2n) is 13.1. The zero-order valence-electron chi connectivity index (χ0n) is 29.6. The number of hydrazone groups is 1. The summed E-state index contributed by atoms with van der Waals surface area (Å²) in [6.45, 7) is 0. The van der Waals surface area contributed by atoms with Crippen molar-refractivity contribution in [3.63, 3.8) is 0 Å². The van der Waals surface area contributed by atoms with Crippen LogP contribution in [0.2, 0.25) is 0 Å². The van der Waals surface area contributed by atoms with Crippen molar-refractivity contribution < 1.29 is 0 Å². The van der Waals surface area contributed by atoms with Crippen LogP contribution in [0.1, 0.15) is 11.1 Å². The highest BCUT2D eigenvalue weighted by atomic mass is 15.3. The summed E-state index contributed by atoms with van der Waals surface area (Å²) in [5, 5.41) is 9.53. The summed E-state index contributed by atoms with van der Waals surface area (Å²) in [6.07, 6.45) is 4.33.